The fraction of sp³-hybridized carbons (Fsp3) is 0.533. The van der Waals surface area contributed by atoms with Crippen LogP contribution in [0.3, 0.4) is 0 Å². The number of likely N-dealkylation sites (N-methyl/N-ethyl adjacent to an activating group) is 1. The number of nitrogens with one attached hydrogen (secondary N) is 1. The molecule has 1 rings (SSSR count). The minimum absolute atomic E-state index is 0.409. The van der Waals surface area contributed by atoms with Crippen LogP contribution in [0.25, 0.3) is 0 Å². The van der Waals surface area contributed by atoms with Gasteiger partial charge in [-0.15, -0.1) is 0 Å². The van der Waals surface area contributed by atoms with E-state index in [9.17, 15) is 0 Å². The third-order valence-electron chi connectivity index (χ3n) is 3.25. The summed E-state index contributed by atoms with van der Waals surface area (Å²) in [4.78, 5) is 2.39. The smallest absolute Gasteiger partial charge is 0.0992 e. The van der Waals surface area contributed by atoms with Crippen LogP contribution >= 0.6 is 11.6 Å². The van der Waals surface area contributed by atoms with Crippen LogP contribution < -0.4 is 5.32 Å². The molecule has 0 aromatic heterocycles. The van der Waals surface area contributed by atoms with Gasteiger partial charge in [0.1, 0.15) is 0 Å². The second kappa shape index (κ2) is 8.16. The van der Waals surface area contributed by atoms with Crippen LogP contribution in [-0.4, -0.2) is 30.6 Å². The van der Waals surface area contributed by atoms with E-state index in [0.29, 0.717) is 16.6 Å². The molecular weight excluding hydrogens is 258 g/mol. The molecule has 0 aliphatic rings. The summed E-state index contributed by atoms with van der Waals surface area (Å²) in [5.41, 5.74) is 1.64. The molecule has 0 aliphatic heterocycles. The Labute approximate surface area is 121 Å². The SMILES string of the molecule is CCN(CC)CC(C)NCc1ccc(C#N)cc1Cl. The van der Waals surface area contributed by atoms with E-state index in [-0.39, 0.29) is 0 Å². The normalized spacial score (nSPS) is 12.4. The Bertz CT molecular complexity index is 436. The molecule has 0 heterocycles. The number of halogens is 1. The van der Waals surface area contributed by atoms with Crippen LogP contribution in [0.4, 0.5) is 0 Å². The predicted molar refractivity (Wildman–Crippen MR) is 80.3 cm³/mol. The van der Waals surface area contributed by atoms with Gasteiger partial charge in [0.2, 0.25) is 0 Å². The van der Waals surface area contributed by atoms with Crippen molar-refractivity contribution < 1.29 is 0 Å². The van der Waals surface area contributed by atoms with Crippen LogP contribution in [0.1, 0.15) is 31.9 Å². The molecule has 19 heavy (non-hydrogen) atoms. The molecule has 0 aliphatic carbocycles. The summed E-state index contributed by atoms with van der Waals surface area (Å²) in [6, 6.07) is 7.93. The van der Waals surface area contributed by atoms with E-state index in [0.717, 1.165) is 31.7 Å². The summed E-state index contributed by atoms with van der Waals surface area (Å²) < 4.78 is 0. The van der Waals surface area contributed by atoms with Crippen LogP contribution in [0.2, 0.25) is 5.02 Å². The molecule has 0 fully saturated rings. The van der Waals surface area contributed by atoms with Gasteiger partial charge in [0, 0.05) is 24.2 Å². The molecule has 1 unspecified atom stereocenters. The largest absolute Gasteiger partial charge is 0.309 e. The molecule has 3 nitrogen and oxygen atoms in total. The Morgan fingerprint density at radius 3 is 2.58 bits per heavy atom. The van der Waals surface area contributed by atoms with E-state index in [2.05, 4.69) is 37.1 Å². The Hall–Kier alpha value is -1.08. The first-order chi connectivity index (χ1) is 9.10. The minimum atomic E-state index is 0.409. The average molecular weight is 280 g/mol. The first kappa shape index (κ1) is 16.0. The molecule has 0 bridgehead atoms. The molecule has 1 aromatic rings. The fourth-order valence-electron chi connectivity index (χ4n) is 1.98. The Morgan fingerprint density at radius 1 is 1.37 bits per heavy atom. The molecule has 0 amide bonds. The molecule has 0 spiro atoms. The second-order valence-electron chi connectivity index (χ2n) is 4.69. The van der Waals surface area contributed by atoms with Gasteiger partial charge in [-0.1, -0.05) is 31.5 Å². The lowest BCUT2D eigenvalue weighted by molar-refractivity contribution is 0.270. The van der Waals surface area contributed by atoms with Gasteiger partial charge in [0.05, 0.1) is 11.6 Å². The van der Waals surface area contributed by atoms with Gasteiger partial charge in [-0.2, -0.15) is 5.26 Å². The third kappa shape index (κ3) is 5.20. The number of benzene rings is 1. The van der Waals surface area contributed by atoms with Gasteiger partial charge in [-0.25, -0.2) is 0 Å². The van der Waals surface area contributed by atoms with Crippen molar-refractivity contribution in [3.05, 3.63) is 34.3 Å². The molecule has 0 saturated heterocycles. The second-order valence-corrected chi connectivity index (χ2v) is 5.09. The highest BCUT2D eigenvalue weighted by atomic mass is 35.5. The maximum absolute atomic E-state index is 8.79. The maximum Gasteiger partial charge on any atom is 0.0992 e. The van der Waals surface area contributed by atoms with Gasteiger partial charge in [0.15, 0.2) is 0 Å². The van der Waals surface area contributed by atoms with E-state index >= 15 is 0 Å². The summed E-state index contributed by atoms with van der Waals surface area (Å²) in [5, 5.41) is 12.9. The van der Waals surface area contributed by atoms with Crippen molar-refractivity contribution in [1.82, 2.24) is 10.2 Å². The highest BCUT2D eigenvalue weighted by Crippen LogP contribution is 2.17. The highest BCUT2D eigenvalue weighted by molar-refractivity contribution is 6.31. The van der Waals surface area contributed by atoms with Crippen molar-refractivity contribution in [3.63, 3.8) is 0 Å². The van der Waals surface area contributed by atoms with E-state index < -0.39 is 0 Å². The van der Waals surface area contributed by atoms with Crippen molar-refractivity contribution in [2.24, 2.45) is 0 Å². The zero-order chi connectivity index (χ0) is 14.3. The lowest BCUT2D eigenvalue weighted by Crippen LogP contribution is -2.38. The van der Waals surface area contributed by atoms with Crippen LogP contribution in [-0.2, 0) is 6.54 Å². The number of rotatable bonds is 7. The monoisotopic (exact) mass is 279 g/mol. The van der Waals surface area contributed by atoms with Crippen molar-refractivity contribution in [3.8, 4) is 6.07 Å². The van der Waals surface area contributed by atoms with Crippen LogP contribution in [0, 0.1) is 11.3 Å². The van der Waals surface area contributed by atoms with Gasteiger partial charge in [-0.3, -0.25) is 0 Å². The molecule has 4 heteroatoms. The first-order valence-electron chi connectivity index (χ1n) is 6.74. The highest BCUT2D eigenvalue weighted by Gasteiger charge is 2.08. The molecule has 1 atom stereocenters. The maximum atomic E-state index is 8.79. The van der Waals surface area contributed by atoms with E-state index in [4.69, 9.17) is 16.9 Å². The summed E-state index contributed by atoms with van der Waals surface area (Å²) in [6.45, 7) is 10.4. The minimum Gasteiger partial charge on any atom is -0.309 e. The Kier molecular flexibility index (Phi) is 6.86. The summed E-state index contributed by atoms with van der Waals surface area (Å²) in [7, 11) is 0. The quantitative estimate of drug-likeness (QED) is 0.834. The molecule has 0 radical (unpaired) electrons. The zero-order valence-corrected chi connectivity index (χ0v) is 12.7. The van der Waals surface area contributed by atoms with Gasteiger partial charge in [-0.05, 0) is 37.7 Å². The number of hydrogen-bond acceptors (Lipinski definition) is 3. The van der Waals surface area contributed by atoms with E-state index in [1.807, 2.05) is 6.07 Å². The molecule has 1 aromatic carbocycles. The number of hydrogen-bond donors (Lipinski definition) is 1. The first-order valence-corrected chi connectivity index (χ1v) is 7.12. The molecular formula is C15H22ClN3. The van der Waals surface area contributed by atoms with E-state index in [1.165, 1.54) is 0 Å². The van der Waals surface area contributed by atoms with Crippen LogP contribution in [0.15, 0.2) is 18.2 Å². The Balaban J connectivity index is 2.50. The summed E-state index contributed by atoms with van der Waals surface area (Å²) >= 11 is 6.15. The topological polar surface area (TPSA) is 39.1 Å². The molecule has 104 valence electrons. The number of nitrogens with zero attached hydrogens (tertiary/aromatic N) is 2. The third-order valence-corrected chi connectivity index (χ3v) is 3.60. The van der Waals surface area contributed by atoms with Crippen LogP contribution in [0.5, 0.6) is 0 Å². The van der Waals surface area contributed by atoms with Crippen molar-refractivity contribution in [2.45, 2.75) is 33.4 Å². The lowest BCUT2D eigenvalue weighted by atomic mass is 10.1. The van der Waals surface area contributed by atoms with Gasteiger partial charge >= 0.3 is 0 Å². The van der Waals surface area contributed by atoms with Gasteiger partial charge < -0.3 is 10.2 Å². The van der Waals surface area contributed by atoms with Crippen molar-refractivity contribution >= 4 is 11.6 Å². The summed E-state index contributed by atoms with van der Waals surface area (Å²) in [5.74, 6) is 0. The molecule has 1 N–H and O–H groups in total. The zero-order valence-electron chi connectivity index (χ0n) is 11.9. The standard InChI is InChI=1S/C15H22ClN3/c1-4-19(5-2)11-12(3)18-10-14-7-6-13(9-17)8-15(14)16/h6-8,12,18H,4-5,10-11H2,1-3H3. The summed E-state index contributed by atoms with van der Waals surface area (Å²) in [6.07, 6.45) is 0. The van der Waals surface area contributed by atoms with Crippen molar-refractivity contribution in [1.29, 1.82) is 5.26 Å². The fourth-order valence-corrected chi connectivity index (χ4v) is 2.23. The lowest BCUT2D eigenvalue weighted by Gasteiger charge is -2.23. The number of nitriles is 1. The average Bonchev–Trinajstić information content (AvgIpc) is 2.43. The predicted octanol–water partition coefficient (Wildman–Crippen LogP) is 3.03. The van der Waals surface area contributed by atoms with Gasteiger partial charge in [0.25, 0.3) is 0 Å². The van der Waals surface area contributed by atoms with Crippen molar-refractivity contribution in [2.75, 3.05) is 19.6 Å². The molecule has 0 saturated carbocycles. The Morgan fingerprint density at radius 2 is 2.05 bits per heavy atom. The van der Waals surface area contributed by atoms with E-state index in [1.54, 1.807) is 12.1 Å².